The van der Waals surface area contributed by atoms with E-state index in [9.17, 15) is 14.4 Å². The van der Waals surface area contributed by atoms with Crippen molar-refractivity contribution >= 4 is 23.4 Å². The lowest BCUT2D eigenvalue weighted by Gasteiger charge is -2.34. The van der Waals surface area contributed by atoms with Crippen LogP contribution >= 0.6 is 0 Å². The number of hydrogen-bond acceptors (Lipinski definition) is 4. The van der Waals surface area contributed by atoms with Gasteiger partial charge in [-0.1, -0.05) is 6.07 Å². The van der Waals surface area contributed by atoms with E-state index in [4.69, 9.17) is 5.73 Å². The highest BCUT2D eigenvalue weighted by Crippen LogP contribution is 2.25. The van der Waals surface area contributed by atoms with Gasteiger partial charge >= 0.3 is 0 Å². The predicted molar refractivity (Wildman–Crippen MR) is 75.7 cm³/mol. The largest absolute Gasteiger partial charge is 0.368 e. The van der Waals surface area contributed by atoms with E-state index in [2.05, 4.69) is 10.6 Å². The second kappa shape index (κ2) is 5.17. The van der Waals surface area contributed by atoms with Crippen molar-refractivity contribution in [1.29, 1.82) is 0 Å². The Morgan fingerprint density at radius 2 is 2.14 bits per heavy atom. The molecule has 1 fully saturated rings. The monoisotopic (exact) mass is 288 g/mol. The number of primary amides is 1. The van der Waals surface area contributed by atoms with Crippen LogP contribution in [0.4, 0.5) is 5.69 Å². The van der Waals surface area contributed by atoms with Crippen LogP contribution < -0.4 is 16.4 Å². The molecule has 2 heterocycles. The van der Waals surface area contributed by atoms with Crippen molar-refractivity contribution in [3.05, 3.63) is 29.3 Å². The number of rotatable bonds is 2. The Bertz CT molecular complexity index is 629. The predicted octanol–water partition coefficient (Wildman–Crippen LogP) is -0.919. The van der Waals surface area contributed by atoms with E-state index in [1.54, 1.807) is 18.2 Å². The van der Waals surface area contributed by atoms with Crippen molar-refractivity contribution in [3.63, 3.8) is 0 Å². The molecule has 1 atom stereocenters. The molecule has 3 amide bonds. The third kappa shape index (κ3) is 2.47. The van der Waals surface area contributed by atoms with Crippen LogP contribution in [0.5, 0.6) is 0 Å². The summed E-state index contributed by atoms with van der Waals surface area (Å²) >= 11 is 0. The van der Waals surface area contributed by atoms with Crippen LogP contribution in [0.15, 0.2) is 18.2 Å². The summed E-state index contributed by atoms with van der Waals surface area (Å²) in [6.07, 6.45) is 0.335. The number of benzene rings is 1. The van der Waals surface area contributed by atoms with Crippen LogP contribution in [-0.2, 0) is 16.0 Å². The van der Waals surface area contributed by atoms with Gasteiger partial charge in [0.05, 0.1) is 6.42 Å². The normalized spacial score (nSPS) is 20.9. The molecule has 21 heavy (non-hydrogen) atoms. The number of fused-ring (bicyclic) bond motifs is 1. The summed E-state index contributed by atoms with van der Waals surface area (Å²) in [5, 5.41) is 5.76. The van der Waals surface area contributed by atoms with Crippen molar-refractivity contribution < 1.29 is 14.4 Å². The molecule has 0 spiro atoms. The number of nitrogens with two attached hydrogens (primary N) is 1. The summed E-state index contributed by atoms with van der Waals surface area (Å²) in [6, 6.07) is 4.46. The first-order valence-corrected chi connectivity index (χ1v) is 6.80. The number of carbonyl (C=O) groups is 3. The standard InChI is InChI=1S/C14H16N4O3/c15-13(20)11-7-16-3-4-18(11)14(21)9-2-1-8-6-12(19)17-10(8)5-9/h1-2,5,11,16H,3-4,6-7H2,(H2,15,20)(H,17,19). The van der Waals surface area contributed by atoms with E-state index in [1.165, 1.54) is 4.90 Å². The molecule has 2 aliphatic rings. The van der Waals surface area contributed by atoms with Gasteiger partial charge < -0.3 is 21.3 Å². The molecule has 7 nitrogen and oxygen atoms in total. The Kier molecular flexibility index (Phi) is 3.34. The molecule has 1 aromatic rings. The number of piperazine rings is 1. The molecular formula is C14H16N4O3. The number of nitrogens with zero attached hydrogens (tertiary/aromatic N) is 1. The number of hydrogen-bond donors (Lipinski definition) is 3. The van der Waals surface area contributed by atoms with Crippen molar-refractivity contribution in [2.24, 2.45) is 5.73 Å². The molecule has 3 rings (SSSR count). The number of nitrogens with one attached hydrogen (secondary N) is 2. The van der Waals surface area contributed by atoms with Crippen LogP contribution in [0.3, 0.4) is 0 Å². The second-order valence-electron chi connectivity index (χ2n) is 5.22. The molecule has 0 aliphatic carbocycles. The fourth-order valence-electron chi connectivity index (χ4n) is 2.71. The molecule has 110 valence electrons. The van der Waals surface area contributed by atoms with Gasteiger partial charge in [-0.3, -0.25) is 14.4 Å². The molecule has 1 aromatic carbocycles. The smallest absolute Gasteiger partial charge is 0.254 e. The fourth-order valence-corrected chi connectivity index (χ4v) is 2.71. The first-order chi connectivity index (χ1) is 10.1. The van der Waals surface area contributed by atoms with Gasteiger partial charge in [-0.25, -0.2) is 0 Å². The van der Waals surface area contributed by atoms with Crippen molar-refractivity contribution in [1.82, 2.24) is 10.2 Å². The third-order valence-corrected chi connectivity index (χ3v) is 3.81. The highest BCUT2D eigenvalue weighted by Gasteiger charge is 2.31. The van der Waals surface area contributed by atoms with Gasteiger partial charge in [-0.2, -0.15) is 0 Å². The highest BCUT2D eigenvalue weighted by molar-refractivity contribution is 6.03. The van der Waals surface area contributed by atoms with Crippen LogP contribution in [0.1, 0.15) is 15.9 Å². The minimum absolute atomic E-state index is 0.0771. The minimum atomic E-state index is -0.644. The average Bonchev–Trinajstić information content (AvgIpc) is 2.85. The molecule has 4 N–H and O–H groups in total. The maximum atomic E-state index is 12.6. The molecule has 1 unspecified atom stereocenters. The Hall–Kier alpha value is -2.41. The summed E-state index contributed by atoms with van der Waals surface area (Å²) in [5.74, 6) is -0.846. The SMILES string of the molecule is NC(=O)C1CNCCN1C(=O)c1ccc2c(c1)NC(=O)C2. The number of anilines is 1. The molecule has 0 saturated carbocycles. The molecule has 1 saturated heterocycles. The third-order valence-electron chi connectivity index (χ3n) is 3.81. The number of carbonyl (C=O) groups excluding carboxylic acids is 3. The van der Waals surface area contributed by atoms with Gasteiger partial charge in [0.1, 0.15) is 6.04 Å². The first kappa shape index (κ1) is 13.6. The second-order valence-corrected chi connectivity index (χ2v) is 5.22. The summed E-state index contributed by atoms with van der Waals surface area (Å²) < 4.78 is 0. The summed E-state index contributed by atoms with van der Waals surface area (Å²) in [5.41, 5.74) is 7.34. The minimum Gasteiger partial charge on any atom is -0.368 e. The highest BCUT2D eigenvalue weighted by atomic mass is 16.2. The zero-order valence-electron chi connectivity index (χ0n) is 11.4. The topological polar surface area (TPSA) is 105 Å². The van der Waals surface area contributed by atoms with Gasteiger partial charge in [-0.05, 0) is 17.7 Å². The van der Waals surface area contributed by atoms with Crippen LogP contribution in [0.25, 0.3) is 0 Å². The number of amides is 3. The van der Waals surface area contributed by atoms with E-state index in [-0.39, 0.29) is 11.8 Å². The van der Waals surface area contributed by atoms with E-state index in [0.717, 1.165) is 5.56 Å². The van der Waals surface area contributed by atoms with Gasteiger partial charge in [0.15, 0.2) is 0 Å². The summed E-state index contributed by atoms with van der Waals surface area (Å²) in [6.45, 7) is 1.41. The lowest BCUT2D eigenvalue weighted by molar-refractivity contribution is -0.123. The van der Waals surface area contributed by atoms with E-state index in [1.807, 2.05) is 0 Å². The van der Waals surface area contributed by atoms with Crippen molar-refractivity contribution in [2.75, 3.05) is 25.0 Å². The van der Waals surface area contributed by atoms with Gasteiger partial charge in [-0.15, -0.1) is 0 Å². The summed E-state index contributed by atoms with van der Waals surface area (Å²) in [4.78, 5) is 36.9. The van der Waals surface area contributed by atoms with Crippen molar-refractivity contribution in [3.8, 4) is 0 Å². The summed E-state index contributed by atoms with van der Waals surface area (Å²) in [7, 11) is 0. The Morgan fingerprint density at radius 3 is 2.90 bits per heavy atom. The molecule has 0 bridgehead atoms. The quantitative estimate of drug-likeness (QED) is 0.654. The van der Waals surface area contributed by atoms with Gasteiger partial charge in [0, 0.05) is 30.9 Å². The zero-order valence-corrected chi connectivity index (χ0v) is 11.4. The Labute approximate surface area is 121 Å². The maximum absolute atomic E-state index is 12.6. The lowest BCUT2D eigenvalue weighted by Crippen LogP contribution is -2.58. The van der Waals surface area contributed by atoms with Crippen LogP contribution in [0, 0.1) is 0 Å². The van der Waals surface area contributed by atoms with Gasteiger partial charge in [0.2, 0.25) is 11.8 Å². The van der Waals surface area contributed by atoms with Crippen LogP contribution in [-0.4, -0.2) is 48.3 Å². The van der Waals surface area contributed by atoms with Gasteiger partial charge in [0.25, 0.3) is 5.91 Å². The Morgan fingerprint density at radius 1 is 1.33 bits per heavy atom. The fraction of sp³-hybridized carbons (Fsp3) is 0.357. The maximum Gasteiger partial charge on any atom is 0.254 e. The average molecular weight is 288 g/mol. The van der Waals surface area contributed by atoms with E-state index >= 15 is 0 Å². The zero-order chi connectivity index (χ0) is 15.0. The lowest BCUT2D eigenvalue weighted by atomic mass is 10.1. The van der Waals surface area contributed by atoms with E-state index < -0.39 is 11.9 Å². The molecule has 2 aliphatic heterocycles. The molecule has 0 aromatic heterocycles. The molecular weight excluding hydrogens is 272 g/mol. The molecule has 7 heteroatoms. The Balaban J connectivity index is 1.86. The van der Waals surface area contributed by atoms with E-state index in [0.29, 0.717) is 37.3 Å². The first-order valence-electron chi connectivity index (χ1n) is 6.80. The van der Waals surface area contributed by atoms with Crippen LogP contribution in [0.2, 0.25) is 0 Å². The molecule has 0 radical (unpaired) electrons. The van der Waals surface area contributed by atoms with Crippen molar-refractivity contribution in [2.45, 2.75) is 12.5 Å².